The zero-order chi connectivity index (χ0) is 20.4. The molecule has 0 aliphatic carbocycles. The van der Waals surface area contributed by atoms with Crippen LogP contribution in [-0.2, 0) is 16.0 Å². The number of carbonyl (C=O) groups is 1. The molecule has 1 aliphatic rings. The van der Waals surface area contributed by atoms with Gasteiger partial charge >= 0.3 is 5.97 Å². The Morgan fingerprint density at radius 1 is 1.24 bits per heavy atom. The van der Waals surface area contributed by atoms with Gasteiger partial charge in [-0.25, -0.2) is 19.2 Å². The average Bonchev–Trinajstić information content (AvgIpc) is 3.10. The Bertz CT molecular complexity index is 1020. The Hall–Kier alpha value is -2.64. The molecule has 0 spiro atoms. The van der Waals surface area contributed by atoms with E-state index in [0.717, 1.165) is 10.5 Å². The molecular weight excluding hydrogens is 413 g/mol. The van der Waals surface area contributed by atoms with E-state index >= 15 is 0 Å². The number of rotatable bonds is 5. The highest BCUT2D eigenvalue weighted by Crippen LogP contribution is 2.51. The van der Waals surface area contributed by atoms with Crippen molar-refractivity contribution in [3.8, 4) is 0 Å². The van der Waals surface area contributed by atoms with Crippen LogP contribution in [0, 0.1) is 5.82 Å². The standard InChI is InChI=1S/C21H17ClFN3O2S/c1-2-28-20(27)21(12-14-5-3-4-6-17(14)29-21)26(16-9-7-15(23)8-10-16)19-11-18(22)24-13-25-19/h3-11,13H,2,12H2,1H3. The smallest absolute Gasteiger partial charge is 0.343 e. The minimum absolute atomic E-state index is 0.235. The summed E-state index contributed by atoms with van der Waals surface area (Å²) in [5, 5.41) is 0.238. The monoisotopic (exact) mass is 429 g/mol. The van der Waals surface area contributed by atoms with Crippen LogP contribution in [0.25, 0.3) is 0 Å². The van der Waals surface area contributed by atoms with Gasteiger partial charge in [-0.2, -0.15) is 0 Å². The summed E-state index contributed by atoms with van der Waals surface area (Å²) in [4.78, 5) is 23.2. The first-order valence-electron chi connectivity index (χ1n) is 9.01. The second kappa shape index (κ2) is 8.00. The molecule has 0 N–H and O–H groups in total. The summed E-state index contributed by atoms with van der Waals surface area (Å²) in [5.41, 5.74) is 1.62. The maximum absolute atomic E-state index is 13.6. The van der Waals surface area contributed by atoms with Gasteiger partial charge in [0.25, 0.3) is 0 Å². The number of carbonyl (C=O) groups excluding carboxylic acids is 1. The predicted molar refractivity (Wildman–Crippen MR) is 111 cm³/mol. The Morgan fingerprint density at radius 3 is 2.69 bits per heavy atom. The van der Waals surface area contributed by atoms with Crippen molar-refractivity contribution in [1.29, 1.82) is 0 Å². The van der Waals surface area contributed by atoms with Crippen molar-refractivity contribution in [3.63, 3.8) is 0 Å². The number of anilines is 2. The van der Waals surface area contributed by atoms with E-state index in [0.29, 0.717) is 17.9 Å². The van der Waals surface area contributed by atoms with Crippen molar-refractivity contribution in [2.24, 2.45) is 0 Å². The molecule has 4 rings (SSSR count). The normalized spacial score (nSPS) is 17.6. The molecule has 5 nitrogen and oxygen atoms in total. The van der Waals surface area contributed by atoms with Crippen LogP contribution in [0.4, 0.5) is 15.9 Å². The van der Waals surface area contributed by atoms with Gasteiger partial charge in [0.2, 0.25) is 0 Å². The molecule has 8 heteroatoms. The van der Waals surface area contributed by atoms with Gasteiger partial charge in [-0.15, -0.1) is 0 Å². The number of ether oxygens (including phenoxy) is 1. The summed E-state index contributed by atoms with van der Waals surface area (Å²) >= 11 is 7.52. The summed E-state index contributed by atoms with van der Waals surface area (Å²) in [7, 11) is 0. The van der Waals surface area contributed by atoms with Crippen molar-refractivity contribution >= 4 is 40.8 Å². The quantitative estimate of drug-likeness (QED) is 0.419. The Balaban J connectivity index is 1.92. The number of aromatic nitrogens is 2. The second-order valence-electron chi connectivity index (χ2n) is 6.40. The summed E-state index contributed by atoms with van der Waals surface area (Å²) in [6.07, 6.45) is 1.73. The van der Waals surface area contributed by atoms with E-state index in [4.69, 9.17) is 16.3 Å². The highest BCUT2D eigenvalue weighted by atomic mass is 35.5. The summed E-state index contributed by atoms with van der Waals surface area (Å²) < 4.78 is 19.1. The Labute approximate surface area is 176 Å². The third-order valence-corrected chi connectivity index (χ3v) is 6.23. The van der Waals surface area contributed by atoms with Gasteiger partial charge in [-0.05, 0) is 42.8 Å². The molecule has 2 heterocycles. The van der Waals surface area contributed by atoms with Crippen LogP contribution in [0.15, 0.2) is 65.8 Å². The second-order valence-corrected chi connectivity index (χ2v) is 8.11. The van der Waals surface area contributed by atoms with E-state index in [9.17, 15) is 9.18 Å². The van der Waals surface area contributed by atoms with Crippen LogP contribution in [0.3, 0.4) is 0 Å². The van der Waals surface area contributed by atoms with Gasteiger partial charge in [0.05, 0.1) is 6.61 Å². The number of hydrogen-bond acceptors (Lipinski definition) is 6. The number of fused-ring (bicyclic) bond motifs is 1. The number of halogens is 2. The van der Waals surface area contributed by atoms with Crippen LogP contribution < -0.4 is 4.90 Å². The SMILES string of the molecule is CCOC(=O)C1(N(c2ccc(F)cc2)c2cc(Cl)ncn2)Cc2ccccc2S1. The lowest BCUT2D eigenvalue weighted by Crippen LogP contribution is -2.51. The molecular formula is C21H17ClFN3O2S. The van der Waals surface area contributed by atoms with Crippen molar-refractivity contribution in [1.82, 2.24) is 9.97 Å². The molecule has 0 saturated heterocycles. The van der Waals surface area contributed by atoms with Gasteiger partial charge in [-0.3, -0.25) is 0 Å². The summed E-state index contributed by atoms with van der Waals surface area (Å²) in [6.45, 7) is 2.00. The van der Waals surface area contributed by atoms with E-state index in [-0.39, 0.29) is 17.6 Å². The van der Waals surface area contributed by atoms with Crippen molar-refractivity contribution in [2.75, 3.05) is 11.5 Å². The molecule has 3 aromatic rings. The lowest BCUT2D eigenvalue weighted by molar-refractivity contribution is -0.145. The first-order valence-corrected chi connectivity index (χ1v) is 10.2. The van der Waals surface area contributed by atoms with Crippen LogP contribution in [0.1, 0.15) is 12.5 Å². The third kappa shape index (κ3) is 3.68. The molecule has 148 valence electrons. The maximum atomic E-state index is 13.6. The average molecular weight is 430 g/mol. The summed E-state index contributed by atoms with van der Waals surface area (Å²) in [6, 6.07) is 15.3. The van der Waals surface area contributed by atoms with E-state index in [2.05, 4.69) is 9.97 Å². The number of hydrogen-bond donors (Lipinski definition) is 0. The van der Waals surface area contributed by atoms with Crippen LogP contribution in [0.2, 0.25) is 5.15 Å². The zero-order valence-electron chi connectivity index (χ0n) is 15.5. The first kappa shape index (κ1) is 19.7. The fraction of sp³-hybridized carbons (Fsp3) is 0.190. The van der Waals surface area contributed by atoms with Crippen LogP contribution >= 0.6 is 23.4 Å². The van der Waals surface area contributed by atoms with Gasteiger partial charge in [0.15, 0.2) is 4.87 Å². The molecule has 1 unspecified atom stereocenters. The predicted octanol–water partition coefficient (Wildman–Crippen LogP) is 5.02. The molecule has 29 heavy (non-hydrogen) atoms. The topological polar surface area (TPSA) is 55.3 Å². The zero-order valence-corrected chi connectivity index (χ0v) is 17.1. The molecule has 0 bridgehead atoms. The van der Waals surface area contributed by atoms with Crippen molar-refractivity contribution in [3.05, 3.63) is 77.5 Å². The molecule has 0 radical (unpaired) electrons. The number of esters is 1. The molecule has 0 fully saturated rings. The van der Waals surface area contributed by atoms with E-state index in [1.165, 1.54) is 30.2 Å². The van der Waals surface area contributed by atoms with Crippen molar-refractivity contribution in [2.45, 2.75) is 23.1 Å². The Kier molecular flexibility index (Phi) is 5.43. The van der Waals surface area contributed by atoms with Crippen LogP contribution in [0.5, 0.6) is 0 Å². The Morgan fingerprint density at radius 2 is 2.00 bits per heavy atom. The van der Waals surface area contributed by atoms with Crippen LogP contribution in [-0.4, -0.2) is 27.4 Å². The number of nitrogens with zero attached hydrogens (tertiary/aromatic N) is 3. The largest absolute Gasteiger partial charge is 0.464 e. The fourth-order valence-corrected chi connectivity index (χ4v) is 4.94. The molecule has 0 amide bonds. The lowest BCUT2D eigenvalue weighted by Gasteiger charge is -2.39. The maximum Gasteiger partial charge on any atom is 0.343 e. The van der Waals surface area contributed by atoms with E-state index in [1.54, 1.807) is 30.0 Å². The van der Waals surface area contributed by atoms with Gasteiger partial charge in [0, 0.05) is 23.1 Å². The highest BCUT2D eigenvalue weighted by molar-refractivity contribution is 8.01. The fourth-order valence-electron chi connectivity index (χ4n) is 3.36. The highest BCUT2D eigenvalue weighted by Gasteiger charge is 2.52. The summed E-state index contributed by atoms with van der Waals surface area (Å²) in [5.74, 6) is -0.354. The molecule has 1 atom stereocenters. The first-order chi connectivity index (χ1) is 14.0. The minimum Gasteiger partial charge on any atom is -0.464 e. The third-order valence-electron chi connectivity index (χ3n) is 4.57. The molecule has 1 aromatic heterocycles. The van der Waals surface area contributed by atoms with E-state index in [1.807, 2.05) is 24.3 Å². The molecule has 0 saturated carbocycles. The van der Waals surface area contributed by atoms with Crippen molar-refractivity contribution < 1.29 is 13.9 Å². The minimum atomic E-state index is -1.16. The number of benzene rings is 2. The lowest BCUT2D eigenvalue weighted by atomic mass is 10.0. The van der Waals surface area contributed by atoms with Gasteiger partial charge in [0.1, 0.15) is 23.1 Å². The van der Waals surface area contributed by atoms with Gasteiger partial charge in [-0.1, -0.05) is 41.6 Å². The molecule has 2 aromatic carbocycles. The number of thioether (sulfide) groups is 1. The van der Waals surface area contributed by atoms with E-state index < -0.39 is 10.8 Å². The molecule has 1 aliphatic heterocycles. The van der Waals surface area contributed by atoms with Gasteiger partial charge < -0.3 is 9.64 Å².